The van der Waals surface area contributed by atoms with E-state index in [9.17, 15) is 4.79 Å². The van der Waals surface area contributed by atoms with Crippen molar-refractivity contribution in [3.8, 4) is 0 Å². The molecule has 2 rings (SSSR count). The third kappa shape index (κ3) is 2.35. The first kappa shape index (κ1) is 15.0. The Balaban J connectivity index is 2.35. The van der Waals surface area contributed by atoms with Crippen LogP contribution in [0.1, 0.15) is 49.7 Å². The van der Waals surface area contributed by atoms with Crippen LogP contribution in [0.25, 0.3) is 0 Å². The van der Waals surface area contributed by atoms with Gasteiger partial charge in [-0.2, -0.15) is 5.10 Å². The van der Waals surface area contributed by atoms with E-state index in [0.29, 0.717) is 0 Å². The van der Waals surface area contributed by atoms with E-state index in [4.69, 9.17) is 4.74 Å². The van der Waals surface area contributed by atoms with Crippen molar-refractivity contribution in [3.05, 3.63) is 17.0 Å². The molecule has 1 fully saturated rings. The van der Waals surface area contributed by atoms with E-state index >= 15 is 0 Å². The van der Waals surface area contributed by atoms with Crippen molar-refractivity contribution in [2.45, 2.75) is 52.2 Å². The zero-order chi connectivity index (χ0) is 15.1. The maximum atomic E-state index is 12.7. The number of likely N-dealkylation sites (tertiary alicyclic amines) is 1. The summed E-state index contributed by atoms with van der Waals surface area (Å²) in [6, 6.07) is 0.130. The lowest BCUT2D eigenvalue weighted by atomic mass is 10.0. The molecule has 1 atom stereocenters. The molecule has 0 radical (unpaired) electrons. The van der Waals surface area contributed by atoms with Crippen LogP contribution in [0.5, 0.6) is 0 Å². The largest absolute Gasteiger partial charge is 0.369 e. The van der Waals surface area contributed by atoms with Crippen molar-refractivity contribution in [2.24, 2.45) is 7.05 Å². The van der Waals surface area contributed by atoms with Gasteiger partial charge in [0.1, 0.15) is 5.60 Å². The summed E-state index contributed by atoms with van der Waals surface area (Å²) in [6.07, 6.45) is 2.03. The summed E-state index contributed by atoms with van der Waals surface area (Å²) in [5.41, 5.74) is 2.59. The van der Waals surface area contributed by atoms with Crippen LogP contribution >= 0.6 is 0 Å². The van der Waals surface area contributed by atoms with Crippen molar-refractivity contribution >= 4 is 5.91 Å². The minimum atomic E-state index is -0.771. The molecule has 1 unspecified atom stereocenters. The SMILES string of the molecule is COC(C)(C)C(=O)N1CCCC1c1c(C)nn(C)c1C. The van der Waals surface area contributed by atoms with Crippen LogP contribution < -0.4 is 0 Å². The summed E-state index contributed by atoms with van der Waals surface area (Å²) in [6.45, 7) is 8.54. The number of hydrogen-bond donors (Lipinski definition) is 0. The number of aromatic nitrogens is 2. The van der Waals surface area contributed by atoms with E-state index in [1.807, 2.05) is 37.4 Å². The number of carbonyl (C=O) groups excluding carboxylic acids is 1. The van der Waals surface area contributed by atoms with Crippen LogP contribution in [0.2, 0.25) is 0 Å². The summed E-state index contributed by atoms with van der Waals surface area (Å²) in [5.74, 6) is 0.0603. The van der Waals surface area contributed by atoms with E-state index in [1.54, 1.807) is 7.11 Å². The minimum absolute atomic E-state index is 0.0603. The van der Waals surface area contributed by atoms with Crippen LogP contribution in [0.15, 0.2) is 0 Å². The van der Waals surface area contributed by atoms with Gasteiger partial charge in [0.25, 0.3) is 5.91 Å². The molecule has 112 valence electrons. The number of hydrogen-bond acceptors (Lipinski definition) is 3. The van der Waals surface area contributed by atoms with Gasteiger partial charge < -0.3 is 9.64 Å². The molecule has 1 saturated heterocycles. The highest BCUT2D eigenvalue weighted by Gasteiger charge is 2.40. The smallest absolute Gasteiger partial charge is 0.254 e. The summed E-state index contributed by atoms with van der Waals surface area (Å²) in [7, 11) is 3.54. The average Bonchev–Trinajstić information content (AvgIpc) is 2.94. The molecule has 1 aromatic heterocycles. The van der Waals surface area contributed by atoms with Gasteiger partial charge in [0, 0.05) is 32.0 Å². The number of carbonyl (C=O) groups is 1. The highest BCUT2D eigenvalue weighted by atomic mass is 16.5. The summed E-state index contributed by atoms with van der Waals surface area (Å²) in [4.78, 5) is 14.6. The summed E-state index contributed by atoms with van der Waals surface area (Å²) >= 11 is 0. The van der Waals surface area contributed by atoms with E-state index < -0.39 is 5.60 Å². The van der Waals surface area contributed by atoms with Crippen LogP contribution in [-0.4, -0.2) is 39.8 Å². The van der Waals surface area contributed by atoms with Gasteiger partial charge in [0.2, 0.25) is 0 Å². The predicted octanol–water partition coefficient (Wildman–Crippen LogP) is 2.13. The maximum absolute atomic E-state index is 12.7. The summed E-state index contributed by atoms with van der Waals surface area (Å²) in [5, 5.41) is 4.48. The zero-order valence-electron chi connectivity index (χ0n) is 13.4. The molecule has 0 saturated carbocycles. The fourth-order valence-corrected chi connectivity index (χ4v) is 3.02. The van der Waals surface area contributed by atoms with Crippen molar-refractivity contribution in [1.29, 1.82) is 0 Å². The molecule has 1 aliphatic rings. The van der Waals surface area contributed by atoms with Crippen LogP contribution in [-0.2, 0) is 16.6 Å². The highest BCUT2D eigenvalue weighted by molar-refractivity contribution is 5.85. The lowest BCUT2D eigenvalue weighted by Gasteiger charge is -2.32. The van der Waals surface area contributed by atoms with Crippen LogP contribution in [0, 0.1) is 13.8 Å². The molecule has 0 aromatic carbocycles. The second-order valence-corrected chi connectivity index (χ2v) is 6.08. The molecule has 5 nitrogen and oxygen atoms in total. The minimum Gasteiger partial charge on any atom is -0.369 e. The number of methoxy groups -OCH3 is 1. The van der Waals surface area contributed by atoms with Crippen LogP contribution in [0.3, 0.4) is 0 Å². The van der Waals surface area contributed by atoms with Gasteiger partial charge in [0.15, 0.2) is 0 Å². The topological polar surface area (TPSA) is 47.4 Å². The molecule has 1 aliphatic heterocycles. The van der Waals surface area contributed by atoms with Crippen molar-refractivity contribution in [3.63, 3.8) is 0 Å². The van der Waals surface area contributed by atoms with Gasteiger partial charge in [-0.3, -0.25) is 9.48 Å². The fourth-order valence-electron chi connectivity index (χ4n) is 3.02. The van der Waals surface area contributed by atoms with Crippen LogP contribution in [0.4, 0.5) is 0 Å². The predicted molar refractivity (Wildman–Crippen MR) is 77.5 cm³/mol. The lowest BCUT2D eigenvalue weighted by Crippen LogP contribution is -2.46. The second-order valence-electron chi connectivity index (χ2n) is 6.08. The van der Waals surface area contributed by atoms with E-state index in [-0.39, 0.29) is 11.9 Å². The van der Waals surface area contributed by atoms with Gasteiger partial charge >= 0.3 is 0 Å². The van der Waals surface area contributed by atoms with E-state index in [1.165, 1.54) is 5.56 Å². The molecular weight excluding hydrogens is 254 g/mol. The van der Waals surface area contributed by atoms with E-state index in [0.717, 1.165) is 30.8 Å². The first-order valence-corrected chi connectivity index (χ1v) is 7.16. The molecule has 0 N–H and O–H groups in total. The molecule has 5 heteroatoms. The Morgan fingerprint density at radius 1 is 1.40 bits per heavy atom. The molecular formula is C15H25N3O2. The Morgan fingerprint density at radius 2 is 2.05 bits per heavy atom. The summed E-state index contributed by atoms with van der Waals surface area (Å²) < 4.78 is 7.25. The Labute approximate surface area is 120 Å². The zero-order valence-corrected chi connectivity index (χ0v) is 13.4. The normalized spacial score (nSPS) is 19.7. The second kappa shape index (κ2) is 5.20. The maximum Gasteiger partial charge on any atom is 0.254 e. The average molecular weight is 279 g/mol. The number of rotatable bonds is 3. The van der Waals surface area contributed by atoms with Gasteiger partial charge in [0.05, 0.1) is 11.7 Å². The third-order valence-corrected chi connectivity index (χ3v) is 4.44. The van der Waals surface area contributed by atoms with Gasteiger partial charge in [-0.25, -0.2) is 0 Å². The first-order valence-electron chi connectivity index (χ1n) is 7.16. The van der Waals surface area contributed by atoms with Crippen molar-refractivity contribution < 1.29 is 9.53 Å². The Hall–Kier alpha value is -1.36. The molecule has 20 heavy (non-hydrogen) atoms. The number of nitrogens with zero attached hydrogens (tertiary/aromatic N) is 3. The molecule has 2 heterocycles. The molecule has 0 aliphatic carbocycles. The number of ether oxygens (including phenoxy) is 1. The number of aryl methyl sites for hydroxylation is 2. The Morgan fingerprint density at radius 3 is 2.55 bits per heavy atom. The fraction of sp³-hybridized carbons (Fsp3) is 0.733. The van der Waals surface area contributed by atoms with E-state index in [2.05, 4.69) is 12.0 Å². The van der Waals surface area contributed by atoms with Crippen molar-refractivity contribution in [1.82, 2.24) is 14.7 Å². The first-order chi connectivity index (χ1) is 9.29. The van der Waals surface area contributed by atoms with Gasteiger partial charge in [-0.15, -0.1) is 0 Å². The van der Waals surface area contributed by atoms with Gasteiger partial charge in [-0.1, -0.05) is 0 Å². The third-order valence-electron chi connectivity index (χ3n) is 4.44. The molecule has 1 amide bonds. The lowest BCUT2D eigenvalue weighted by molar-refractivity contribution is -0.152. The monoisotopic (exact) mass is 279 g/mol. The number of amides is 1. The molecule has 0 spiro atoms. The Kier molecular flexibility index (Phi) is 3.91. The van der Waals surface area contributed by atoms with Gasteiger partial charge in [-0.05, 0) is 40.5 Å². The quantitative estimate of drug-likeness (QED) is 0.851. The molecule has 0 bridgehead atoms. The molecule has 1 aromatic rings. The highest BCUT2D eigenvalue weighted by Crippen LogP contribution is 2.37. The Bertz CT molecular complexity index is 519. The standard InChI is InChI=1S/C15H25N3O2/c1-10-13(11(2)17(5)16-10)12-8-7-9-18(12)14(19)15(3,4)20-6/h12H,7-9H2,1-6H3. The van der Waals surface area contributed by atoms with Crippen molar-refractivity contribution in [2.75, 3.05) is 13.7 Å².